The number of rotatable bonds is 5. The highest BCUT2D eigenvalue weighted by atomic mass is 35.5. The highest BCUT2D eigenvalue weighted by Crippen LogP contribution is 2.29. The fraction of sp³-hybridized carbons (Fsp3) is 0.250. The van der Waals surface area contributed by atoms with Crippen LogP contribution in [0.15, 0.2) is 42.5 Å². The molecule has 0 bridgehead atoms. The fourth-order valence-corrected chi connectivity index (χ4v) is 2.59. The van der Waals surface area contributed by atoms with Crippen LogP contribution >= 0.6 is 23.2 Å². The van der Waals surface area contributed by atoms with Crippen LogP contribution in [0, 0.1) is 0 Å². The van der Waals surface area contributed by atoms with Crippen molar-refractivity contribution in [2.75, 3.05) is 6.54 Å². The third kappa shape index (κ3) is 3.97. The summed E-state index contributed by atoms with van der Waals surface area (Å²) in [6.07, 6.45) is 1.13. The van der Waals surface area contributed by atoms with E-state index in [-0.39, 0.29) is 0 Å². The third-order valence-corrected chi connectivity index (χ3v) is 3.37. The maximum Gasteiger partial charge on any atom is 0.0426 e. The second kappa shape index (κ2) is 6.95. The summed E-state index contributed by atoms with van der Waals surface area (Å²) in [6.45, 7) is 4.04. The lowest BCUT2D eigenvalue weighted by Crippen LogP contribution is -2.14. The molecule has 1 nitrogen and oxygen atoms in total. The van der Waals surface area contributed by atoms with Crippen LogP contribution < -0.4 is 5.32 Å². The molecule has 0 heterocycles. The maximum atomic E-state index is 6.08. The summed E-state index contributed by atoms with van der Waals surface area (Å²) >= 11 is 12.2. The monoisotopic (exact) mass is 293 g/mol. The molecular formula is C16H17Cl2N. The molecule has 2 rings (SSSR count). The van der Waals surface area contributed by atoms with E-state index in [1.54, 1.807) is 6.07 Å². The standard InChI is InChI=1S/C16H17Cl2N/c1-2-7-19-11-12-5-3-4-6-16(12)13-8-14(17)10-15(18)9-13/h3-6,8-10,19H,2,7,11H2,1H3. The van der Waals surface area contributed by atoms with Crippen LogP contribution in [-0.4, -0.2) is 6.54 Å². The molecule has 0 spiro atoms. The fourth-order valence-electron chi connectivity index (χ4n) is 2.07. The first-order valence-corrected chi connectivity index (χ1v) is 7.21. The van der Waals surface area contributed by atoms with Crippen LogP contribution in [0.4, 0.5) is 0 Å². The van der Waals surface area contributed by atoms with Crippen molar-refractivity contribution >= 4 is 23.2 Å². The summed E-state index contributed by atoms with van der Waals surface area (Å²) in [5.74, 6) is 0. The Bertz CT molecular complexity index is 532. The number of benzene rings is 2. The van der Waals surface area contributed by atoms with Crippen molar-refractivity contribution < 1.29 is 0 Å². The van der Waals surface area contributed by atoms with E-state index in [1.807, 2.05) is 18.2 Å². The normalized spacial score (nSPS) is 10.7. The lowest BCUT2D eigenvalue weighted by Gasteiger charge is -2.11. The molecule has 0 aliphatic carbocycles. The van der Waals surface area contributed by atoms with E-state index in [2.05, 4.69) is 30.4 Å². The van der Waals surface area contributed by atoms with Gasteiger partial charge in [0.1, 0.15) is 0 Å². The highest BCUT2D eigenvalue weighted by molar-refractivity contribution is 6.35. The van der Waals surface area contributed by atoms with E-state index in [4.69, 9.17) is 23.2 Å². The van der Waals surface area contributed by atoms with Crippen LogP contribution in [0.25, 0.3) is 11.1 Å². The van der Waals surface area contributed by atoms with Gasteiger partial charge in [-0.25, -0.2) is 0 Å². The Morgan fingerprint density at radius 3 is 2.37 bits per heavy atom. The summed E-state index contributed by atoms with van der Waals surface area (Å²) in [5.41, 5.74) is 3.50. The summed E-state index contributed by atoms with van der Waals surface area (Å²) < 4.78 is 0. The second-order valence-corrected chi connectivity index (χ2v) is 5.36. The SMILES string of the molecule is CCCNCc1ccccc1-c1cc(Cl)cc(Cl)c1. The maximum absolute atomic E-state index is 6.08. The van der Waals surface area contributed by atoms with E-state index >= 15 is 0 Å². The molecule has 3 heteroatoms. The van der Waals surface area contributed by atoms with Crippen molar-refractivity contribution in [2.45, 2.75) is 19.9 Å². The summed E-state index contributed by atoms with van der Waals surface area (Å²) in [4.78, 5) is 0. The van der Waals surface area contributed by atoms with E-state index in [1.165, 1.54) is 11.1 Å². The van der Waals surface area contributed by atoms with Gasteiger partial charge in [0.2, 0.25) is 0 Å². The lowest BCUT2D eigenvalue weighted by molar-refractivity contribution is 0.676. The average molecular weight is 294 g/mol. The Labute approximate surface area is 124 Å². The number of hydrogen-bond acceptors (Lipinski definition) is 1. The van der Waals surface area contributed by atoms with E-state index in [9.17, 15) is 0 Å². The molecule has 0 atom stereocenters. The molecule has 0 saturated carbocycles. The zero-order valence-electron chi connectivity index (χ0n) is 10.9. The number of hydrogen-bond donors (Lipinski definition) is 1. The molecule has 0 fully saturated rings. The minimum absolute atomic E-state index is 0.666. The molecule has 0 unspecified atom stereocenters. The lowest BCUT2D eigenvalue weighted by atomic mass is 9.99. The van der Waals surface area contributed by atoms with Crippen molar-refractivity contribution in [3.05, 3.63) is 58.1 Å². The van der Waals surface area contributed by atoms with Gasteiger partial charge in [0.05, 0.1) is 0 Å². The highest BCUT2D eigenvalue weighted by Gasteiger charge is 2.06. The Hall–Kier alpha value is -1.02. The van der Waals surface area contributed by atoms with Crippen LogP contribution in [-0.2, 0) is 6.54 Å². The van der Waals surface area contributed by atoms with Gasteiger partial charge in [-0.1, -0.05) is 54.4 Å². The molecular weight excluding hydrogens is 277 g/mol. The van der Waals surface area contributed by atoms with Crippen LogP contribution in [0.1, 0.15) is 18.9 Å². The van der Waals surface area contributed by atoms with Crippen molar-refractivity contribution in [2.24, 2.45) is 0 Å². The van der Waals surface area contributed by atoms with Gasteiger partial charge in [-0.15, -0.1) is 0 Å². The summed E-state index contributed by atoms with van der Waals surface area (Å²) in [7, 11) is 0. The molecule has 0 aliphatic heterocycles. The molecule has 0 aromatic heterocycles. The first kappa shape index (κ1) is 14.4. The van der Waals surface area contributed by atoms with Gasteiger partial charge >= 0.3 is 0 Å². The molecule has 0 saturated heterocycles. The molecule has 0 radical (unpaired) electrons. The van der Waals surface area contributed by atoms with E-state index in [0.29, 0.717) is 10.0 Å². The second-order valence-electron chi connectivity index (χ2n) is 4.49. The summed E-state index contributed by atoms with van der Waals surface area (Å²) in [5, 5.41) is 4.76. The van der Waals surface area contributed by atoms with Crippen molar-refractivity contribution in [1.82, 2.24) is 5.32 Å². The van der Waals surface area contributed by atoms with Gasteiger partial charge in [-0.2, -0.15) is 0 Å². The third-order valence-electron chi connectivity index (χ3n) is 2.93. The van der Waals surface area contributed by atoms with Gasteiger partial charge < -0.3 is 5.32 Å². The van der Waals surface area contributed by atoms with Gasteiger partial charge in [0.15, 0.2) is 0 Å². The van der Waals surface area contributed by atoms with Crippen LogP contribution in [0.2, 0.25) is 10.0 Å². The molecule has 2 aromatic rings. The Kier molecular flexibility index (Phi) is 5.26. The Morgan fingerprint density at radius 1 is 1.00 bits per heavy atom. The Balaban J connectivity index is 2.32. The van der Waals surface area contributed by atoms with Gasteiger partial charge in [0.25, 0.3) is 0 Å². The largest absolute Gasteiger partial charge is 0.313 e. The van der Waals surface area contributed by atoms with Crippen molar-refractivity contribution in [3.8, 4) is 11.1 Å². The zero-order chi connectivity index (χ0) is 13.7. The van der Waals surface area contributed by atoms with Crippen LogP contribution in [0.5, 0.6) is 0 Å². The van der Waals surface area contributed by atoms with E-state index < -0.39 is 0 Å². The quantitative estimate of drug-likeness (QED) is 0.751. The first-order chi connectivity index (χ1) is 9.20. The molecule has 19 heavy (non-hydrogen) atoms. The average Bonchev–Trinajstić information content (AvgIpc) is 2.38. The predicted octanol–water partition coefficient (Wildman–Crippen LogP) is 5.16. The number of nitrogens with one attached hydrogen (secondary N) is 1. The molecule has 0 aliphatic rings. The first-order valence-electron chi connectivity index (χ1n) is 6.46. The molecule has 1 N–H and O–H groups in total. The molecule has 100 valence electrons. The van der Waals surface area contributed by atoms with Gasteiger partial charge in [0, 0.05) is 16.6 Å². The summed E-state index contributed by atoms with van der Waals surface area (Å²) in [6, 6.07) is 14.0. The van der Waals surface area contributed by atoms with Crippen molar-refractivity contribution in [3.63, 3.8) is 0 Å². The van der Waals surface area contributed by atoms with E-state index in [0.717, 1.165) is 25.1 Å². The minimum Gasteiger partial charge on any atom is -0.313 e. The molecule has 0 amide bonds. The number of halogens is 2. The van der Waals surface area contributed by atoms with Gasteiger partial charge in [-0.05, 0) is 47.9 Å². The minimum atomic E-state index is 0.666. The topological polar surface area (TPSA) is 12.0 Å². The Morgan fingerprint density at radius 2 is 1.68 bits per heavy atom. The smallest absolute Gasteiger partial charge is 0.0426 e. The van der Waals surface area contributed by atoms with Crippen molar-refractivity contribution in [1.29, 1.82) is 0 Å². The van der Waals surface area contributed by atoms with Gasteiger partial charge in [-0.3, -0.25) is 0 Å². The van der Waals surface area contributed by atoms with Crippen LogP contribution in [0.3, 0.4) is 0 Å². The molecule has 2 aromatic carbocycles. The zero-order valence-corrected chi connectivity index (χ0v) is 12.4. The predicted molar refractivity (Wildman–Crippen MR) is 83.9 cm³/mol.